The Balaban J connectivity index is 2.22. The summed E-state index contributed by atoms with van der Waals surface area (Å²) in [6.45, 7) is 6.20. The van der Waals surface area contributed by atoms with Crippen LogP contribution in [-0.2, 0) is 18.9 Å². The molecule has 3 aromatic rings. The van der Waals surface area contributed by atoms with Gasteiger partial charge in [-0.25, -0.2) is 0 Å². The number of aromatic nitrogens is 4. The molecule has 4 nitrogen and oxygen atoms in total. The van der Waals surface area contributed by atoms with Crippen LogP contribution in [0.5, 0.6) is 0 Å². The zero-order chi connectivity index (χ0) is 28.7. The van der Waals surface area contributed by atoms with Crippen molar-refractivity contribution in [2.24, 2.45) is 0 Å². The van der Waals surface area contributed by atoms with Crippen LogP contribution >= 0.6 is 0 Å². The van der Waals surface area contributed by atoms with Gasteiger partial charge in [-0.15, -0.1) is 0 Å². The molecule has 0 N–H and O–H groups in total. The summed E-state index contributed by atoms with van der Waals surface area (Å²) < 4.78 is 86.9. The summed E-state index contributed by atoms with van der Waals surface area (Å²) >= 11 is -3.20. The number of nitrogens with zero attached hydrogens (tertiary/aromatic N) is 4. The van der Waals surface area contributed by atoms with Gasteiger partial charge in [0.1, 0.15) is 0 Å². The summed E-state index contributed by atoms with van der Waals surface area (Å²) in [6.07, 6.45) is -0.234. The second-order valence-electron chi connectivity index (χ2n) is 10.2. The Kier molecular flexibility index (Phi) is 10.9. The number of rotatable bonds is 13. The van der Waals surface area contributed by atoms with E-state index in [4.69, 9.17) is 5.10 Å². The summed E-state index contributed by atoms with van der Waals surface area (Å²) in [4.78, 5) is 4.25. The molecule has 0 atom stereocenters. The van der Waals surface area contributed by atoms with Gasteiger partial charge in [-0.05, 0) is 0 Å². The van der Waals surface area contributed by atoms with E-state index in [1.807, 2.05) is 6.07 Å². The minimum atomic E-state index is -4.91. The van der Waals surface area contributed by atoms with E-state index >= 15 is 0 Å². The van der Waals surface area contributed by atoms with Crippen LogP contribution in [0.1, 0.15) is 76.0 Å². The molecule has 11 heteroatoms. The fourth-order valence-corrected chi connectivity index (χ4v) is 21.1. The number of hydrogen-bond acceptors (Lipinski definition) is 3. The second kappa shape index (κ2) is 13.5. The van der Waals surface area contributed by atoms with Gasteiger partial charge in [0.05, 0.1) is 0 Å². The molecule has 0 saturated heterocycles. The van der Waals surface area contributed by atoms with Crippen molar-refractivity contribution < 1.29 is 26.3 Å². The maximum absolute atomic E-state index is 13.5. The van der Waals surface area contributed by atoms with Gasteiger partial charge in [0.15, 0.2) is 0 Å². The van der Waals surface area contributed by atoms with Crippen molar-refractivity contribution in [1.82, 2.24) is 20.0 Å². The van der Waals surface area contributed by atoms with Crippen LogP contribution in [0.2, 0.25) is 13.3 Å². The van der Waals surface area contributed by atoms with Crippen LogP contribution < -0.4 is 3.71 Å². The molecule has 3 rings (SSSR count). The summed E-state index contributed by atoms with van der Waals surface area (Å²) in [5.74, 6) is 0. The van der Waals surface area contributed by atoms with Gasteiger partial charge >= 0.3 is 231 Å². The van der Waals surface area contributed by atoms with E-state index in [-0.39, 0.29) is 18.2 Å². The third-order valence-corrected chi connectivity index (χ3v) is 22.2. The van der Waals surface area contributed by atoms with Crippen LogP contribution in [0.4, 0.5) is 26.3 Å². The standard InChI is InChI=1S/C16H9F6N4.3C4H9.Sn/c17-15(18,19)12-4-10(5-13(6-12)16(20,21)22)9-26-14(8-24-25-26)11-2-1-3-23-7-11;3*1-3-4-2;/h1-7H,9H2;3*1,3-4H2,2H3;. The zero-order valence-corrected chi connectivity index (χ0v) is 25.5. The topological polar surface area (TPSA) is 43.6 Å². The molecule has 0 radical (unpaired) electrons. The van der Waals surface area contributed by atoms with E-state index < -0.39 is 41.9 Å². The van der Waals surface area contributed by atoms with Gasteiger partial charge in [-0.2, -0.15) is 0 Å². The molecule has 0 saturated carbocycles. The molecule has 0 unspecified atom stereocenters. The van der Waals surface area contributed by atoms with E-state index in [0.717, 1.165) is 73.2 Å². The second-order valence-corrected chi connectivity index (χ2v) is 23.1. The molecular formula is C28H36F6N4Sn. The van der Waals surface area contributed by atoms with Crippen molar-refractivity contribution in [3.63, 3.8) is 0 Å². The first kappa shape index (κ1) is 31.4. The molecule has 0 bridgehead atoms. The van der Waals surface area contributed by atoms with Gasteiger partial charge in [-0.3, -0.25) is 0 Å². The Labute approximate surface area is 230 Å². The van der Waals surface area contributed by atoms with Crippen molar-refractivity contribution in [2.75, 3.05) is 0 Å². The Bertz CT molecular complexity index is 1140. The number of hydrogen-bond donors (Lipinski definition) is 0. The molecule has 0 aliphatic rings. The predicted molar refractivity (Wildman–Crippen MR) is 143 cm³/mol. The molecule has 2 aromatic heterocycles. The van der Waals surface area contributed by atoms with Crippen LogP contribution in [-0.4, -0.2) is 38.4 Å². The van der Waals surface area contributed by atoms with E-state index in [2.05, 4.69) is 31.0 Å². The van der Waals surface area contributed by atoms with Crippen molar-refractivity contribution in [2.45, 2.75) is 91.5 Å². The number of halogens is 6. The predicted octanol–water partition coefficient (Wildman–Crippen LogP) is 8.48. The maximum atomic E-state index is 13.5. The van der Waals surface area contributed by atoms with Gasteiger partial charge < -0.3 is 0 Å². The van der Waals surface area contributed by atoms with E-state index in [0.29, 0.717) is 5.69 Å². The molecule has 0 fully saturated rings. The van der Waals surface area contributed by atoms with Crippen molar-refractivity contribution in [3.05, 3.63) is 59.4 Å². The fourth-order valence-electron chi connectivity index (χ4n) is 5.13. The van der Waals surface area contributed by atoms with Gasteiger partial charge in [0.2, 0.25) is 0 Å². The van der Waals surface area contributed by atoms with Crippen molar-refractivity contribution in [3.8, 4) is 11.3 Å². The molecular weight excluding hydrogens is 625 g/mol. The molecule has 0 aliphatic carbocycles. The summed E-state index contributed by atoms with van der Waals surface area (Å²) in [5.41, 5.74) is -1.38. The van der Waals surface area contributed by atoms with Crippen LogP contribution in [0.15, 0.2) is 42.7 Å². The Morgan fingerprint density at radius 3 is 1.77 bits per heavy atom. The third-order valence-electron chi connectivity index (χ3n) is 7.18. The summed E-state index contributed by atoms with van der Waals surface area (Å²) in [5, 5.41) is 9.09. The van der Waals surface area contributed by atoms with Crippen molar-refractivity contribution in [1.29, 1.82) is 0 Å². The van der Waals surface area contributed by atoms with E-state index in [1.165, 1.54) is 4.68 Å². The number of benzene rings is 1. The minimum absolute atomic E-state index is 0.129. The monoisotopic (exact) mass is 662 g/mol. The Morgan fingerprint density at radius 1 is 0.795 bits per heavy atom. The first-order chi connectivity index (χ1) is 18.4. The van der Waals surface area contributed by atoms with E-state index in [9.17, 15) is 26.3 Å². The van der Waals surface area contributed by atoms with Gasteiger partial charge in [-0.1, -0.05) is 0 Å². The number of pyridine rings is 1. The molecule has 0 aliphatic heterocycles. The van der Waals surface area contributed by atoms with Crippen LogP contribution in [0.25, 0.3) is 11.3 Å². The molecule has 2 heterocycles. The molecule has 1 aromatic carbocycles. The Hall–Kier alpha value is -2.11. The quantitative estimate of drug-likeness (QED) is 0.136. The van der Waals surface area contributed by atoms with Crippen LogP contribution in [0, 0.1) is 0 Å². The Morgan fingerprint density at radius 2 is 1.33 bits per heavy atom. The molecule has 214 valence electrons. The van der Waals surface area contributed by atoms with Crippen LogP contribution in [0.3, 0.4) is 0 Å². The average Bonchev–Trinajstić information content (AvgIpc) is 3.31. The zero-order valence-electron chi connectivity index (χ0n) is 22.7. The number of alkyl halides is 6. The fraction of sp³-hybridized carbons (Fsp3) is 0.536. The third kappa shape index (κ3) is 7.98. The molecule has 39 heavy (non-hydrogen) atoms. The normalized spacial score (nSPS) is 12.7. The van der Waals surface area contributed by atoms with E-state index in [1.54, 1.807) is 18.5 Å². The first-order valence-electron chi connectivity index (χ1n) is 13.6. The van der Waals surface area contributed by atoms with Crippen molar-refractivity contribution >= 4 is 22.1 Å². The van der Waals surface area contributed by atoms with Gasteiger partial charge in [0.25, 0.3) is 0 Å². The average molecular weight is 661 g/mol. The SMILES string of the molecule is CCC[CH2][Sn]([CH2]CCC)([CH2]CCC)[c]1nnn(Cc2cc(C(F)(F)F)cc(C(F)(F)F)c2)c1-c1cccnc1. The van der Waals surface area contributed by atoms with Gasteiger partial charge in [0, 0.05) is 0 Å². The first-order valence-corrected chi connectivity index (χ1v) is 21.1. The molecule has 0 amide bonds. The summed E-state index contributed by atoms with van der Waals surface area (Å²) in [6, 6.07) is 5.32. The summed E-state index contributed by atoms with van der Waals surface area (Å²) in [7, 11) is 0. The number of unbranched alkanes of at least 4 members (excludes halogenated alkanes) is 3. The molecule has 0 spiro atoms.